The smallest absolute Gasteiger partial charge is 0.0238 e. The highest BCUT2D eigenvalue weighted by Crippen LogP contribution is 2.23. The maximum absolute atomic E-state index is 3.70. The molecule has 1 aliphatic carbocycles. The van der Waals surface area contributed by atoms with Gasteiger partial charge in [0.2, 0.25) is 0 Å². The number of hydrogen-bond acceptors (Lipinski definition) is 2. The lowest BCUT2D eigenvalue weighted by molar-refractivity contribution is 0.171. The molecule has 1 unspecified atom stereocenters. The van der Waals surface area contributed by atoms with E-state index in [2.05, 4.69) is 41.5 Å². The van der Waals surface area contributed by atoms with E-state index in [1.54, 1.807) is 5.56 Å². The van der Waals surface area contributed by atoms with Crippen LogP contribution in [0.25, 0.3) is 0 Å². The molecule has 0 bridgehead atoms. The van der Waals surface area contributed by atoms with Crippen LogP contribution >= 0.6 is 0 Å². The molecular formula is C17H26N2. The summed E-state index contributed by atoms with van der Waals surface area (Å²) >= 11 is 0. The Morgan fingerprint density at radius 3 is 2.63 bits per heavy atom. The fraction of sp³-hybridized carbons (Fsp3) is 0.647. The van der Waals surface area contributed by atoms with Gasteiger partial charge in [-0.2, -0.15) is 0 Å². The minimum absolute atomic E-state index is 0.627. The first kappa shape index (κ1) is 13.1. The number of fused-ring (bicyclic) bond motifs is 1. The summed E-state index contributed by atoms with van der Waals surface area (Å²) in [5.74, 6) is 0. The van der Waals surface area contributed by atoms with Crippen LogP contribution in [0.1, 0.15) is 43.2 Å². The van der Waals surface area contributed by atoms with Crippen LogP contribution in [-0.4, -0.2) is 30.6 Å². The molecule has 0 aromatic heterocycles. The third-order valence-electron chi connectivity index (χ3n) is 4.87. The zero-order valence-corrected chi connectivity index (χ0v) is 12.1. The Balaban J connectivity index is 1.56. The second-order valence-corrected chi connectivity index (χ2v) is 6.28. The van der Waals surface area contributed by atoms with Crippen LogP contribution in [-0.2, 0) is 13.0 Å². The third-order valence-corrected chi connectivity index (χ3v) is 4.87. The summed E-state index contributed by atoms with van der Waals surface area (Å²) < 4.78 is 0. The number of rotatable bonds is 3. The lowest BCUT2D eigenvalue weighted by atomic mass is 9.92. The molecule has 1 aromatic rings. The minimum Gasteiger partial charge on any atom is -0.308 e. The molecule has 0 spiro atoms. The Hall–Kier alpha value is -0.860. The molecular weight excluding hydrogens is 232 g/mol. The van der Waals surface area contributed by atoms with Gasteiger partial charge in [0.05, 0.1) is 0 Å². The topological polar surface area (TPSA) is 15.3 Å². The highest BCUT2D eigenvalue weighted by molar-refractivity contribution is 5.29. The van der Waals surface area contributed by atoms with Crippen LogP contribution < -0.4 is 5.32 Å². The first-order valence-corrected chi connectivity index (χ1v) is 7.83. The van der Waals surface area contributed by atoms with E-state index >= 15 is 0 Å². The molecule has 1 aliphatic heterocycles. The van der Waals surface area contributed by atoms with Crippen molar-refractivity contribution in [2.45, 2.75) is 57.2 Å². The molecule has 1 fully saturated rings. The second kappa shape index (κ2) is 6.06. The lowest BCUT2D eigenvalue weighted by Crippen LogP contribution is -2.46. The molecule has 3 rings (SSSR count). The molecule has 0 amide bonds. The van der Waals surface area contributed by atoms with Crippen LogP contribution in [0.2, 0.25) is 0 Å². The lowest BCUT2D eigenvalue weighted by Gasteiger charge is -2.35. The van der Waals surface area contributed by atoms with E-state index < -0.39 is 0 Å². The van der Waals surface area contributed by atoms with Gasteiger partial charge in [0.1, 0.15) is 0 Å². The standard InChI is InChI=1S/C17H26N2/c1-19(17-9-3-2-4-10-17)13-16-11-14-7-5-6-8-15(14)12-18-16/h5-8,16-18H,2-4,9-13H2,1H3. The van der Waals surface area contributed by atoms with E-state index in [1.165, 1.54) is 50.6 Å². The van der Waals surface area contributed by atoms with Crippen molar-refractivity contribution in [2.24, 2.45) is 0 Å². The minimum atomic E-state index is 0.627. The van der Waals surface area contributed by atoms with Gasteiger partial charge in [-0.05, 0) is 37.4 Å². The van der Waals surface area contributed by atoms with E-state index in [0.717, 1.165) is 12.6 Å². The van der Waals surface area contributed by atoms with E-state index in [9.17, 15) is 0 Å². The van der Waals surface area contributed by atoms with Gasteiger partial charge < -0.3 is 10.2 Å². The average molecular weight is 258 g/mol. The monoisotopic (exact) mass is 258 g/mol. The predicted molar refractivity (Wildman–Crippen MR) is 80.3 cm³/mol. The quantitative estimate of drug-likeness (QED) is 0.896. The van der Waals surface area contributed by atoms with Gasteiger partial charge in [-0.25, -0.2) is 0 Å². The summed E-state index contributed by atoms with van der Waals surface area (Å²) in [4.78, 5) is 2.60. The third kappa shape index (κ3) is 3.18. The summed E-state index contributed by atoms with van der Waals surface area (Å²) in [6, 6.07) is 10.3. The fourth-order valence-corrected chi connectivity index (χ4v) is 3.67. The van der Waals surface area contributed by atoms with Gasteiger partial charge in [-0.3, -0.25) is 0 Å². The summed E-state index contributed by atoms with van der Waals surface area (Å²) in [6.45, 7) is 2.23. The molecule has 1 saturated carbocycles. The van der Waals surface area contributed by atoms with Crippen LogP contribution in [0.15, 0.2) is 24.3 Å². The van der Waals surface area contributed by atoms with Gasteiger partial charge >= 0.3 is 0 Å². The van der Waals surface area contributed by atoms with Crippen LogP contribution in [0.4, 0.5) is 0 Å². The molecule has 104 valence electrons. The van der Waals surface area contributed by atoms with Gasteiger partial charge in [0.15, 0.2) is 0 Å². The van der Waals surface area contributed by atoms with Crippen molar-refractivity contribution in [3.63, 3.8) is 0 Å². The maximum Gasteiger partial charge on any atom is 0.0238 e. The van der Waals surface area contributed by atoms with Gasteiger partial charge in [0.25, 0.3) is 0 Å². The van der Waals surface area contributed by atoms with Crippen molar-refractivity contribution in [3.05, 3.63) is 35.4 Å². The second-order valence-electron chi connectivity index (χ2n) is 6.28. The first-order valence-electron chi connectivity index (χ1n) is 7.83. The summed E-state index contributed by atoms with van der Waals surface area (Å²) in [7, 11) is 2.32. The number of nitrogens with zero attached hydrogens (tertiary/aromatic N) is 1. The van der Waals surface area contributed by atoms with E-state index in [-0.39, 0.29) is 0 Å². The molecule has 0 saturated heterocycles. The van der Waals surface area contributed by atoms with E-state index in [4.69, 9.17) is 0 Å². The first-order chi connectivity index (χ1) is 9.33. The molecule has 2 nitrogen and oxygen atoms in total. The SMILES string of the molecule is CN(CC1Cc2ccccc2CN1)C1CCCCC1. The zero-order valence-electron chi connectivity index (χ0n) is 12.1. The van der Waals surface area contributed by atoms with Gasteiger partial charge in [-0.1, -0.05) is 43.5 Å². The molecule has 1 heterocycles. The Morgan fingerprint density at radius 1 is 1.11 bits per heavy atom. The van der Waals surface area contributed by atoms with Gasteiger partial charge in [0, 0.05) is 25.2 Å². The van der Waals surface area contributed by atoms with Crippen molar-refractivity contribution in [1.29, 1.82) is 0 Å². The van der Waals surface area contributed by atoms with Crippen molar-refractivity contribution >= 4 is 0 Å². The number of benzene rings is 1. The highest BCUT2D eigenvalue weighted by Gasteiger charge is 2.23. The van der Waals surface area contributed by atoms with Crippen LogP contribution in [0.3, 0.4) is 0 Å². The van der Waals surface area contributed by atoms with Crippen molar-refractivity contribution in [3.8, 4) is 0 Å². The molecule has 1 atom stereocenters. The number of likely N-dealkylation sites (N-methyl/N-ethyl adjacent to an activating group) is 1. The Bertz CT molecular complexity index is 409. The molecule has 0 radical (unpaired) electrons. The summed E-state index contributed by atoms with van der Waals surface area (Å²) in [5, 5.41) is 3.70. The van der Waals surface area contributed by atoms with E-state index in [1.807, 2.05) is 0 Å². The zero-order chi connectivity index (χ0) is 13.1. The number of hydrogen-bond donors (Lipinski definition) is 1. The number of nitrogens with one attached hydrogen (secondary N) is 1. The normalized spacial score (nSPS) is 24.4. The Morgan fingerprint density at radius 2 is 1.84 bits per heavy atom. The summed E-state index contributed by atoms with van der Waals surface area (Å²) in [5.41, 5.74) is 3.03. The fourth-order valence-electron chi connectivity index (χ4n) is 3.67. The molecule has 2 heteroatoms. The average Bonchev–Trinajstić information content (AvgIpc) is 2.48. The maximum atomic E-state index is 3.70. The Kier molecular flexibility index (Phi) is 4.19. The van der Waals surface area contributed by atoms with Gasteiger partial charge in [-0.15, -0.1) is 0 Å². The van der Waals surface area contributed by atoms with Crippen LogP contribution in [0, 0.1) is 0 Å². The van der Waals surface area contributed by atoms with Crippen LogP contribution in [0.5, 0.6) is 0 Å². The van der Waals surface area contributed by atoms with E-state index in [0.29, 0.717) is 6.04 Å². The molecule has 1 N–H and O–H groups in total. The van der Waals surface area contributed by atoms with Crippen molar-refractivity contribution in [2.75, 3.05) is 13.6 Å². The van der Waals surface area contributed by atoms with Crippen molar-refractivity contribution < 1.29 is 0 Å². The Labute approximate surface area is 117 Å². The highest BCUT2D eigenvalue weighted by atomic mass is 15.2. The predicted octanol–water partition coefficient (Wildman–Crippen LogP) is 2.97. The largest absolute Gasteiger partial charge is 0.308 e. The summed E-state index contributed by atoms with van der Waals surface area (Å²) in [6.07, 6.45) is 8.29. The molecule has 19 heavy (non-hydrogen) atoms. The molecule has 1 aromatic carbocycles. The molecule has 2 aliphatic rings. The van der Waals surface area contributed by atoms with Crippen molar-refractivity contribution in [1.82, 2.24) is 10.2 Å².